The molecule has 2 aromatic carbocycles. The minimum Gasteiger partial charge on any atom is -0.496 e. The minimum atomic E-state index is -2.51. The molecule has 0 aliphatic carbocycles. The van der Waals surface area contributed by atoms with Crippen molar-refractivity contribution < 1.29 is 18.6 Å². The van der Waals surface area contributed by atoms with E-state index in [4.69, 9.17) is 4.74 Å². The summed E-state index contributed by atoms with van der Waals surface area (Å²) in [5.74, 6) is 0.595. The lowest BCUT2D eigenvalue weighted by atomic mass is 9.94. The van der Waals surface area contributed by atoms with Gasteiger partial charge in [-0.2, -0.15) is 0 Å². The van der Waals surface area contributed by atoms with E-state index in [0.29, 0.717) is 16.9 Å². The van der Waals surface area contributed by atoms with Crippen molar-refractivity contribution in [3.05, 3.63) is 64.2 Å². The molecule has 1 N–H and O–H groups in total. The van der Waals surface area contributed by atoms with Crippen LogP contribution < -0.4 is 4.74 Å². The van der Waals surface area contributed by atoms with Crippen LogP contribution in [0.4, 0.5) is 8.78 Å². The number of hydrogen-bond donors (Lipinski definition) is 1. The predicted octanol–water partition coefficient (Wildman–Crippen LogP) is 4.33. The minimum absolute atomic E-state index is 0.0569. The van der Waals surface area contributed by atoms with Crippen LogP contribution >= 0.6 is 0 Å². The van der Waals surface area contributed by atoms with Gasteiger partial charge in [0.2, 0.25) is 0 Å². The number of alkyl halides is 2. The van der Waals surface area contributed by atoms with E-state index in [9.17, 15) is 13.9 Å². The Labute approximate surface area is 123 Å². The van der Waals surface area contributed by atoms with E-state index in [1.807, 2.05) is 26.0 Å². The van der Waals surface area contributed by atoms with Gasteiger partial charge in [-0.1, -0.05) is 30.3 Å². The van der Waals surface area contributed by atoms with E-state index in [-0.39, 0.29) is 5.56 Å². The van der Waals surface area contributed by atoms with Crippen molar-refractivity contribution in [1.82, 2.24) is 0 Å². The average Bonchev–Trinajstić information content (AvgIpc) is 2.45. The van der Waals surface area contributed by atoms with Crippen molar-refractivity contribution >= 4 is 0 Å². The van der Waals surface area contributed by atoms with Crippen LogP contribution in [-0.4, -0.2) is 12.2 Å². The van der Waals surface area contributed by atoms with Gasteiger partial charge in [0.05, 0.1) is 7.11 Å². The van der Waals surface area contributed by atoms with Crippen LogP contribution in [0.1, 0.15) is 40.3 Å². The molecule has 0 radical (unpaired) electrons. The van der Waals surface area contributed by atoms with E-state index in [1.54, 1.807) is 7.11 Å². The Morgan fingerprint density at radius 2 is 1.57 bits per heavy atom. The summed E-state index contributed by atoms with van der Waals surface area (Å²) in [6.45, 7) is 3.84. The van der Waals surface area contributed by atoms with Crippen molar-refractivity contribution in [1.29, 1.82) is 0 Å². The van der Waals surface area contributed by atoms with Crippen molar-refractivity contribution in [2.45, 2.75) is 26.4 Å². The Balaban J connectivity index is 2.42. The molecule has 0 aliphatic heterocycles. The summed E-state index contributed by atoms with van der Waals surface area (Å²) < 4.78 is 30.5. The SMILES string of the molecule is COc1cc(C)cc(C)c1C(O)c1ccc(C(F)F)cc1. The van der Waals surface area contributed by atoms with Gasteiger partial charge >= 0.3 is 0 Å². The van der Waals surface area contributed by atoms with Gasteiger partial charge in [-0.3, -0.25) is 0 Å². The first kappa shape index (κ1) is 15.4. The molecule has 0 aliphatic rings. The molecular formula is C17H18F2O2. The standard InChI is InChI=1S/C17H18F2O2/c1-10-8-11(2)15(14(9-10)21-3)16(20)12-4-6-13(7-5-12)17(18)19/h4-9,16-17,20H,1-3H3. The lowest BCUT2D eigenvalue weighted by Crippen LogP contribution is -2.05. The highest BCUT2D eigenvalue weighted by molar-refractivity contribution is 5.47. The summed E-state index contributed by atoms with van der Waals surface area (Å²) in [7, 11) is 1.55. The molecule has 0 fully saturated rings. The van der Waals surface area contributed by atoms with E-state index in [1.165, 1.54) is 24.3 Å². The van der Waals surface area contributed by atoms with Gasteiger partial charge < -0.3 is 9.84 Å². The Morgan fingerprint density at radius 1 is 1.00 bits per heavy atom. The molecule has 112 valence electrons. The Hall–Kier alpha value is -1.94. The molecule has 0 heterocycles. The molecule has 2 aromatic rings. The van der Waals surface area contributed by atoms with Gasteiger partial charge in [0.15, 0.2) is 0 Å². The molecule has 1 atom stereocenters. The molecule has 0 amide bonds. The van der Waals surface area contributed by atoms with Crippen LogP contribution in [0.25, 0.3) is 0 Å². The lowest BCUT2D eigenvalue weighted by Gasteiger charge is -2.19. The Kier molecular flexibility index (Phi) is 4.58. The number of hydrogen-bond acceptors (Lipinski definition) is 2. The number of aliphatic hydroxyl groups excluding tert-OH is 1. The van der Waals surface area contributed by atoms with E-state index >= 15 is 0 Å². The Bertz CT molecular complexity index is 621. The molecule has 0 aromatic heterocycles. The van der Waals surface area contributed by atoms with E-state index in [0.717, 1.165) is 11.1 Å². The van der Waals surface area contributed by atoms with Gasteiger partial charge in [-0.05, 0) is 36.6 Å². The summed E-state index contributed by atoms with van der Waals surface area (Å²) >= 11 is 0. The van der Waals surface area contributed by atoms with Gasteiger partial charge in [-0.15, -0.1) is 0 Å². The molecule has 4 heteroatoms. The van der Waals surface area contributed by atoms with Crippen LogP contribution in [0.2, 0.25) is 0 Å². The third-order valence-corrected chi connectivity index (χ3v) is 3.49. The number of halogens is 2. The Morgan fingerprint density at radius 3 is 2.10 bits per heavy atom. The highest BCUT2D eigenvalue weighted by Crippen LogP contribution is 2.34. The number of rotatable bonds is 4. The highest BCUT2D eigenvalue weighted by Gasteiger charge is 2.19. The number of methoxy groups -OCH3 is 1. The highest BCUT2D eigenvalue weighted by atomic mass is 19.3. The van der Waals surface area contributed by atoms with Crippen LogP contribution in [0.3, 0.4) is 0 Å². The number of aryl methyl sites for hydroxylation is 2. The first-order valence-corrected chi connectivity index (χ1v) is 6.65. The van der Waals surface area contributed by atoms with Gasteiger partial charge in [0.25, 0.3) is 6.43 Å². The summed E-state index contributed by atoms with van der Waals surface area (Å²) in [4.78, 5) is 0. The largest absolute Gasteiger partial charge is 0.496 e. The van der Waals surface area contributed by atoms with Crippen molar-refractivity contribution in [3.63, 3.8) is 0 Å². The normalized spacial score (nSPS) is 12.5. The summed E-state index contributed by atoms with van der Waals surface area (Å²) in [5.41, 5.74) is 3.10. The first-order valence-electron chi connectivity index (χ1n) is 6.65. The van der Waals surface area contributed by atoms with Crippen molar-refractivity contribution in [3.8, 4) is 5.75 Å². The fourth-order valence-electron chi connectivity index (χ4n) is 2.45. The maximum absolute atomic E-state index is 12.6. The fraction of sp³-hybridized carbons (Fsp3) is 0.294. The van der Waals surface area contributed by atoms with E-state index < -0.39 is 12.5 Å². The van der Waals surface area contributed by atoms with E-state index in [2.05, 4.69) is 0 Å². The number of aliphatic hydroxyl groups is 1. The molecule has 1 unspecified atom stereocenters. The second-order valence-electron chi connectivity index (χ2n) is 5.07. The summed E-state index contributed by atoms with van der Waals surface area (Å²) in [6, 6.07) is 9.50. The smallest absolute Gasteiger partial charge is 0.263 e. The molecule has 0 bridgehead atoms. The van der Waals surface area contributed by atoms with Crippen LogP contribution in [-0.2, 0) is 0 Å². The molecule has 0 saturated heterocycles. The van der Waals surface area contributed by atoms with Crippen LogP contribution in [0, 0.1) is 13.8 Å². The zero-order valence-electron chi connectivity index (χ0n) is 12.2. The van der Waals surface area contributed by atoms with Gasteiger partial charge in [-0.25, -0.2) is 8.78 Å². The first-order chi connectivity index (χ1) is 9.93. The maximum atomic E-state index is 12.6. The molecular weight excluding hydrogens is 274 g/mol. The third-order valence-electron chi connectivity index (χ3n) is 3.49. The third kappa shape index (κ3) is 3.22. The zero-order valence-corrected chi connectivity index (χ0v) is 12.2. The van der Waals surface area contributed by atoms with Gasteiger partial charge in [0, 0.05) is 11.1 Å². The van der Waals surface area contributed by atoms with Crippen molar-refractivity contribution in [2.24, 2.45) is 0 Å². The fourth-order valence-corrected chi connectivity index (χ4v) is 2.45. The number of ether oxygens (including phenoxy) is 1. The monoisotopic (exact) mass is 292 g/mol. The predicted molar refractivity (Wildman–Crippen MR) is 77.9 cm³/mol. The molecule has 2 rings (SSSR count). The maximum Gasteiger partial charge on any atom is 0.263 e. The lowest BCUT2D eigenvalue weighted by molar-refractivity contribution is 0.151. The molecule has 0 saturated carbocycles. The molecule has 2 nitrogen and oxygen atoms in total. The summed E-state index contributed by atoms with van der Waals surface area (Å²) in [5, 5.41) is 10.5. The van der Waals surface area contributed by atoms with Gasteiger partial charge in [0.1, 0.15) is 11.9 Å². The second-order valence-corrected chi connectivity index (χ2v) is 5.07. The second kappa shape index (κ2) is 6.22. The topological polar surface area (TPSA) is 29.5 Å². The molecule has 21 heavy (non-hydrogen) atoms. The quantitative estimate of drug-likeness (QED) is 0.908. The zero-order chi connectivity index (χ0) is 15.6. The number of benzene rings is 2. The van der Waals surface area contributed by atoms with Crippen molar-refractivity contribution in [2.75, 3.05) is 7.11 Å². The van der Waals surface area contributed by atoms with Crippen LogP contribution in [0.15, 0.2) is 36.4 Å². The average molecular weight is 292 g/mol. The molecule has 0 spiro atoms. The van der Waals surface area contributed by atoms with Crippen LogP contribution in [0.5, 0.6) is 5.75 Å². The summed E-state index contributed by atoms with van der Waals surface area (Å²) in [6.07, 6.45) is -3.42.